The number of amides is 1. The van der Waals surface area contributed by atoms with E-state index in [-0.39, 0.29) is 23.8 Å². The number of hydrogen-bond acceptors (Lipinski definition) is 5. The van der Waals surface area contributed by atoms with Gasteiger partial charge in [0.1, 0.15) is 6.04 Å². The van der Waals surface area contributed by atoms with Crippen LogP contribution in [-0.2, 0) is 27.7 Å². The van der Waals surface area contributed by atoms with Crippen molar-refractivity contribution in [2.45, 2.75) is 65.0 Å². The highest BCUT2D eigenvalue weighted by molar-refractivity contribution is 7.92. The second-order valence-electron chi connectivity index (χ2n) is 8.68. The van der Waals surface area contributed by atoms with Crippen molar-refractivity contribution in [2.75, 3.05) is 10.6 Å². The minimum Gasteiger partial charge on any atom is -0.348 e. The van der Waals surface area contributed by atoms with Crippen LogP contribution in [0, 0.1) is 17.0 Å². The van der Waals surface area contributed by atoms with Gasteiger partial charge in [0.25, 0.3) is 5.69 Å². The molecule has 1 N–H and O–H groups in total. The SMILES string of the molecule is CC[C@@H](C(=O)N[C@@H](C)c1ccc2c(c1)CCCC2)N(c1cc([N+](=O)[O-])ccc1C)S(C)(=O)=O. The monoisotopic (exact) mass is 473 g/mol. The molecule has 1 aliphatic rings. The van der Waals surface area contributed by atoms with Gasteiger partial charge in [-0.2, -0.15) is 0 Å². The fourth-order valence-corrected chi connectivity index (χ4v) is 5.66. The third kappa shape index (κ3) is 5.52. The van der Waals surface area contributed by atoms with Crippen LogP contribution in [0.1, 0.15) is 61.4 Å². The maximum atomic E-state index is 13.3. The first-order chi connectivity index (χ1) is 15.5. The smallest absolute Gasteiger partial charge is 0.271 e. The first-order valence-corrected chi connectivity index (χ1v) is 13.0. The molecule has 0 saturated heterocycles. The van der Waals surface area contributed by atoms with E-state index in [1.165, 1.54) is 35.7 Å². The van der Waals surface area contributed by atoms with Gasteiger partial charge in [0.2, 0.25) is 15.9 Å². The Morgan fingerprint density at radius 3 is 2.42 bits per heavy atom. The first-order valence-electron chi connectivity index (χ1n) is 11.2. The number of nitro benzene ring substituents is 1. The molecule has 33 heavy (non-hydrogen) atoms. The molecular formula is C24H31N3O5S. The lowest BCUT2D eigenvalue weighted by Crippen LogP contribution is -2.50. The van der Waals surface area contributed by atoms with Crippen molar-refractivity contribution in [2.24, 2.45) is 0 Å². The van der Waals surface area contributed by atoms with Gasteiger partial charge in [-0.3, -0.25) is 19.2 Å². The van der Waals surface area contributed by atoms with E-state index in [4.69, 9.17) is 0 Å². The summed E-state index contributed by atoms with van der Waals surface area (Å²) in [6.07, 6.45) is 5.65. The van der Waals surface area contributed by atoms with Crippen LogP contribution in [0.2, 0.25) is 0 Å². The third-order valence-electron chi connectivity index (χ3n) is 6.20. The Bertz CT molecular complexity index is 1160. The van der Waals surface area contributed by atoms with Gasteiger partial charge in [0.05, 0.1) is 22.9 Å². The summed E-state index contributed by atoms with van der Waals surface area (Å²) in [4.78, 5) is 24.0. The van der Waals surface area contributed by atoms with E-state index in [0.29, 0.717) is 5.56 Å². The molecule has 8 nitrogen and oxygen atoms in total. The number of nitro groups is 1. The Labute approximate surface area is 195 Å². The molecule has 0 fully saturated rings. The third-order valence-corrected chi connectivity index (χ3v) is 7.37. The zero-order valence-corrected chi connectivity index (χ0v) is 20.3. The van der Waals surface area contributed by atoms with Crippen LogP contribution in [0.15, 0.2) is 36.4 Å². The molecule has 0 saturated carbocycles. The highest BCUT2D eigenvalue weighted by Crippen LogP contribution is 2.31. The van der Waals surface area contributed by atoms with Crippen LogP contribution in [0.3, 0.4) is 0 Å². The van der Waals surface area contributed by atoms with Crippen LogP contribution in [0.5, 0.6) is 0 Å². The Hall–Kier alpha value is -2.94. The summed E-state index contributed by atoms with van der Waals surface area (Å²) in [5.74, 6) is -0.445. The van der Waals surface area contributed by atoms with Gasteiger partial charge in [-0.25, -0.2) is 8.42 Å². The standard InChI is InChI=1S/C24H31N3O5S/c1-5-22(26(33(4,31)32)23-15-21(27(29)30)13-10-16(23)2)24(28)25-17(3)19-12-11-18-8-6-7-9-20(18)14-19/h10-15,17,22H,5-9H2,1-4H3,(H,25,28)/t17-,22-/m0/s1. The summed E-state index contributed by atoms with van der Waals surface area (Å²) in [6, 6.07) is 8.91. The Morgan fingerprint density at radius 2 is 1.82 bits per heavy atom. The topological polar surface area (TPSA) is 110 Å². The summed E-state index contributed by atoms with van der Waals surface area (Å²) < 4.78 is 26.5. The van der Waals surface area contributed by atoms with Gasteiger partial charge in [0, 0.05) is 12.1 Å². The fourth-order valence-electron chi connectivity index (χ4n) is 4.40. The number of nitrogens with zero attached hydrogens (tertiary/aromatic N) is 2. The van der Waals surface area contributed by atoms with Gasteiger partial charge >= 0.3 is 0 Å². The van der Waals surface area contributed by atoms with E-state index in [1.807, 2.05) is 13.0 Å². The van der Waals surface area contributed by atoms with Crippen LogP contribution in [0.4, 0.5) is 11.4 Å². The second kappa shape index (κ2) is 9.91. The average Bonchev–Trinajstić information content (AvgIpc) is 2.76. The number of anilines is 1. The summed E-state index contributed by atoms with van der Waals surface area (Å²) >= 11 is 0. The summed E-state index contributed by atoms with van der Waals surface area (Å²) in [5.41, 5.74) is 4.05. The van der Waals surface area contributed by atoms with E-state index in [9.17, 15) is 23.3 Å². The summed E-state index contributed by atoms with van der Waals surface area (Å²) in [6.45, 7) is 5.26. The van der Waals surface area contributed by atoms with Crippen molar-refractivity contribution in [1.82, 2.24) is 5.32 Å². The number of aryl methyl sites for hydroxylation is 3. The average molecular weight is 474 g/mol. The lowest BCUT2D eigenvalue weighted by molar-refractivity contribution is -0.384. The predicted octanol–water partition coefficient (Wildman–Crippen LogP) is 4.20. The number of non-ortho nitro benzene ring substituents is 1. The number of rotatable bonds is 8. The van der Waals surface area contributed by atoms with E-state index in [2.05, 4.69) is 17.4 Å². The van der Waals surface area contributed by atoms with Gasteiger partial charge in [-0.1, -0.05) is 31.2 Å². The van der Waals surface area contributed by atoms with Gasteiger partial charge in [-0.15, -0.1) is 0 Å². The highest BCUT2D eigenvalue weighted by atomic mass is 32.2. The van der Waals surface area contributed by atoms with Gasteiger partial charge in [0.15, 0.2) is 0 Å². The minimum absolute atomic E-state index is 0.134. The molecule has 2 atom stereocenters. The number of carbonyl (C=O) groups is 1. The number of hydrogen-bond donors (Lipinski definition) is 1. The summed E-state index contributed by atoms with van der Waals surface area (Å²) in [5, 5.41) is 14.2. The molecule has 0 bridgehead atoms. The molecule has 3 rings (SSSR count). The Balaban J connectivity index is 1.91. The number of nitrogens with one attached hydrogen (secondary N) is 1. The molecule has 178 valence electrons. The quantitative estimate of drug-likeness (QED) is 0.456. The zero-order chi connectivity index (χ0) is 24.3. The molecule has 0 unspecified atom stereocenters. The molecule has 2 aromatic rings. The molecule has 9 heteroatoms. The van der Waals surface area contributed by atoms with Crippen molar-refractivity contribution in [3.05, 3.63) is 68.8 Å². The molecule has 0 heterocycles. The summed E-state index contributed by atoms with van der Waals surface area (Å²) in [7, 11) is -3.90. The molecule has 0 aliphatic heterocycles. The van der Waals surface area contributed by atoms with Crippen LogP contribution in [-0.4, -0.2) is 31.5 Å². The lowest BCUT2D eigenvalue weighted by Gasteiger charge is -2.32. The molecule has 1 aliphatic carbocycles. The van der Waals surface area contributed by atoms with E-state index in [1.54, 1.807) is 13.8 Å². The van der Waals surface area contributed by atoms with Crippen molar-refractivity contribution in [1.29, 1.82) is 0 Å². The van der Waals surface area contributed by atoms with Crippen molar-refractivity contribution >= 4 is 27.3 Å². The lowest BCUT2D eigenvalue weighted by atomic mass is 9.89. The van der Waals surface area contributed by atoms with Crippen LogP contribution < -0.4 is 9.62 Å². The Kier molecular flexibility index (Phi) is 7.41. The van der Waals surface area contributed by atoms with Gasteiger partial charge in [-0.05, 0) is 68.2 Å². The second-order valence-corrected chi connectivity index (χ2v) is 10.5. The molecule has 0 spiro atoms. The Morgan fingerprint density at radius 1 is 1.15 bits per heavy atom. The number of fused-ring (bicyclic) bond motifs is 1. The maximum absolute atomic E-state index is 13.3. The van der Waals surface area contributed by atoms with Crippen molar-refractivity contribution in [3.63, 3.8) is 0 Å². The molecule has 0 radical (unpaired) electrons. The highest BCUT2D eigenvalue weighted by Gasteiger charge is 2.34. The molecule has 2 aromatic carbocycles. The van der Waals surface area contributed by atoms with E-state index < -0.39 is 26.9 Å². The normalized spacial score (nSPS) is 15.3. The maximum Gasteiger partial charge on any atom is 0.271 e. The number of carbonyl (C=O) groups excluding carboxylic acids is 1. The van der Waals surface area contributed by atoms with E-state index >= 15 is 0 Å². The molecular weight excluding hydrogens is 442 g/mol. The van der Waals surface area contributed by atoms with E-state index in [0.717, 1.165) is 35.4 Å². The van der Waals surface area contributed by atoms with Crippen molar-refractivity contribution in [3.8, 4) is 0 Å². The minimum atomic E-state index is -3.90. The fraction of sp³-hybridized carbons (Fsp3) is 0.458. The van der Waals surface area contributed by atoms with Crippen molar-refractivity contribution < 1.29 is 18.1 Å². The van der Waals surface area contributed by atoms with Crippen LogP contribution >= 0.6 is 0 Å². The van der Waals surface area contributed by atoms with Crippen LogP contribution in [0.25, 0.3) is 0 Å². The number of sulfonamides is 1. The first kappa shape index (κ1) is 24.7. The molecule has 1 amide bonds. The number of benzene rings is 2. The zero-order valence-electron chi connectivity index (χ0n) is 19.5. The van der Waals surface area contributed by atoms with Gasteiger partial charge < -0.3 is 5.32 Å². The molecule has 0 aromatic heterocycles. The predicted molar refractivity (Wildman–Crippen MR) is 129 cm³/mol. The largest absolute Gasteiger partial charge is 0.348 e.